The van der Waals surface area contributed by atoms with Crippen LogP contribution >= 0.6 is 22.7 Å². The van der Waals surface area contributed by atoms with Crippen LogP contribution in [0.4, 0.5) is 5.69 Å². The molecule has 0 aliphatic carbocycles. The van der Waals surface area contributed by atoms with Gasteiger partial charge in [0.2, 0.25) is 5.78 Å². The fourth-order valence-electron chi connectivity index (χ4n) is 2.06. The topological polar surface area (TPSA) is 20.3 Å². The van der Waals surface area contributed by atoms with Gasteiger partial charge in [-0.05, 0) is 47.8 Å². The van der Waals surface area contributed by atoms with Crippen LogP contribution in [0.2, 0.25) is 0 Å². The smallest absolute Gasteiger partial charge is 0.202 e. The molecule has 1 aromatic carbocycles. The first kappa shape index (κ1) is 14.0. The molecule has 4 heteroatoms. The maximum Gasteiger partial charge on any atom is 0.202 e. The van der Waals surface area contributed by atoms with Gasteiger partial charge in [-0.1, -0.05) is 6.07 Å². The van der Waals surface area contributed by atoms with Crippen LogP contribution in [0, 0.1) is 0 Å². The van der Waals surface area contributed by atoms with Crippen molar-refractivity contribution in [2.75, 3.05) is 19.0 Å². The third-order valence-electron chi connectivity index (χ3n) is 3.24. The first-order valence-corrected chi connectivity index (χ1v) is 8.30. The quantitative estimate of drug-likeness (QED) is 0.646. The van der Waals surface area contributed by atoms with Crippen LogP contribution in [0.1, 0.15) is 15.2 Å². The van der Waals surface area contributed by atoms with Gasteiger partial charge in [0.15, 0.2) is 0 Å². The molecular formula is C17H15NOS2. The van der Waals surface area contributed by atoms with Gasteiger partial charge in [-0.25, -0.2) is 0 Å². The maximum atomic E-state index is 12.5. The molecule has 0 spiro atoms. The van der Waals surface area contributed by atoms with E-state index < -0.39 is 0 Å². The van der Waals surface area contributed by atoms with Crippen LogP contribution < -0.4 is 4.90 Å². The lowest BCUT2D eigenvalue weighted by Gasteiger charge is -2.12. The van der Waals surface area contributed by atoms with Gasteiger partial charge in [0.05, 0.1) is 4.88 Å². The van der Waals surface area contributed by atoms with Gasteiger partial charge in [-0.3, -0.25) is 4.79 Å². The summed E-state index contributed by atoms with van der Waals surface area (Å²) < 4.78 is 0. The molecule has 0 aliphatic rings. The Labute approximate surface area is 132 Å². The van der Waals surface area contributed by atoms with Crippen LogP contribution in [-0.2, 0) is 0 Å². The van der Waals surface area contributed by atoms with Crippen molar-refractivity contribution in [2.45, 2.75) is 0 Å². The van der Waals surface area contributed by atoms with Crippen LogP contribution in [-0.4, -0.2) is 19.9 Å². The van der Waals surface area contributed by atoms with E-state index in [1.165, 1.54) is 4.88 Å². The molecule has 2 aromatic heterocycles. The van der Waals surface area contributed by atoms with Crippen molar-refractivity contribution < 1.29 is 4.79 Å². The molecular weight excluding hydrogens is 298 g/mol. The number of ketones is 1. The second kappa shape index (κ2) is 5.84. The number of anilines is 1. The molecule has 3 rings (SSSR count). The standard InChI is InChI=1S/C17H15NOS2/c1-18(2)13-7-5-12(6-8-13)17(19)16-10-9-15(21-16)14-4-3-11-20-14/h3-11H,1-2H3. The molecule has 21 heavy (non-hydrogen) atoms. The predicted molar refractivity (Wildman–Crippen MR) is 91.8 cm³/mol. The number of hydrogen-bond acceptors (Lipinski definition) is 4. The van der Waals surface area contributed by atoms with Crippen molar-refractivity contribution in [1.29, 1.82) is 0 Å². The number of carbonyl (C=O) groups excluding carboxylic acids is 1. The van der Waals surface area contributed by atoms with E-state index >= 15 is 0 Å². The van der Waals surface area contributed by atoms with Gasteiger partial charge in [-0.15, -0.1) is 22.7 Å². The Morgan fingerprint density at radius 1 is 0.952 bits per heavy atom. The molecule has 0 aliphatic heterocycles. The second-order valence-corrected chi connectivity index (χ2v) is 6.94. The minimum Gasteiger partial charge on any atom is -0.378 e. The Bertz CT molecular complexity index is 739. The lowest BCUT2D eigenvalue weighted by Crippen LogP contribution is -2.08. The van der Waals surface area contributed by atoms with E-state index in [1.807, 2.05) is 61.5 Å². The van der Waals surface area contributed by atoms with Crippen molar-refractivity contribution in [2.24, 2.45) is 0 Å². The van der Waals surface area contributed by atoms with Crippen LogP contribution in [0.5, 0.6) is 0 Å². The average Bonchev–Trinajstić information content (AvgIpc) is 3.17. The van der Waals surface area contributed by atoms with E-state index in [2.05, 4.69) is 11.4 Å². The Balaban J connectivity index is 1.85. The first-order valence-electron chi connectivity index (χ1n) is 6.61. The van der Waals surface area contributed by atoms with Crippen LogP contribution in [0.25, 0.3) is 9.75 Å². The largest absolute Gasteiger partial charge is 0.378 e. The molecule has 3 aromatic rings. The third-order valence-corrected chi connectivity index (χ3v) is 5.39. The number of rotatable bonds is 4. The zero-order chi connectivity index (χ0) is 14.8. The molecule has 0 radical (unpaired) electrons. The minimum atomic E-state index is 0.0908. The van der Waals surface area contributed by atoms with Gasteiger partial charge in [0, 0.05) is 35.1 Å². The highest BCUT2D eigenvalue weighted by Crippen LogP contribution is 2.32. The Hall–Kier alpha value is -1.91. The van der Waals surface area contributed by atoms with E-state index in [0.717, 1.165) is 21.0 Å². The third kappa shape index (κ3) is 2.91. The fourth-order valence-corrected chi connectivity index (χ4v) is 3.87. The van der Waals surface area contributed by atoms with E-state index in [9.17, 15) is 4.79 Å². The van der Waals surface area contributed by atoms with Gasteiger partial charge in [0.25, 0.3) is 0 Å². The fraction of sp³-hybridized carbons (Fsp3) is 0.118. The van der Waals surface area contributed by atoms with Gasteiger partial charge >= 0.3 is 0 Å². The molecule has 0 amide bonds. The number of benzene rings is 1. The van der Waals surface area contributed by atoms with Crippen molar-refractivity contribution in [3.63, 3.8) is 0 Å². The lowest BCUT2D eigenvalue weighted by molar-refractivity contribution is 0.104. The minimum absolute atomic E-state index is 0.0908. The summed E-state index contributed by atoms with van der Waals surface area (Å²) in [5.74, 6) is 0.0908. The summed E-state index contributed by atoms with van der Waals surface area (Å²) >= 11 is 3.25. The van der Waals surface area contributed by atoms with Gasteiger partial charge in [-0.2, -0.15) is 0 Å². The summed E-state index contributed by atoms with van der Waals surface area (Å²) in [6.45, 7) is 0. The zero-order valence-electron chi connectivity index (χ0n) is 11.9. The predicted octanol–water partition coefficient (Wildman–Crippen LogP) is 4.77. The van der Waals surface area contributed by atoms with E-state index in [-0.39, 0.29) is 5.78 Å². The van der Waals surface area contributed by atoms with Crippen molar-refractivity contribution in [3.05, 3.63) is 64.4 Å². The number of carbonyl (C=O) groups is 1. The molecule has 0 fully saturated rings. The molecule has 0 saturated carbocycles. The molecule has 0 bridgehead atoms. The SMILES string of the molecule is CN(C)c1ccc(C(=O)c2ccc(-c3cccs3)s2)cc1. The molecule has 0 N–H and O–H groups in total. The maximum absolute atomic E-state index is 12.5. The Kier molecular flexibility index (Phi) is 3.90. The molecule has 106 valence electrons. The molecule has 2 nitrogen and oxygen atoms in total. The monoisotopic (exact) mass is 313 g/mol. The van der Waals surface area contributed by atoms with Gasteiger partial charge < -0.3 is 4.90 Å². The van der Waals surface area contributed by atoms with Crippen LogP contribution in [0.15, 0.2) is 53.9 Å². The van der Waals surface area contributed by atoms with Crippen molar-refractivity contribution in [1.82, 2.24) is 0 Å². The highest BCUT2D eigenvalue weighted by molar-refractivity contribution is 7.22. The first-order chi connectivity index (χ1) is 10.1. The second-order valence-electron chi connectivity index (χ2n) is 4.91. The average molecular weight is 313 g/mol. The Morgan fingerprint density at radius 3 is 2.33 bits per heavy atom. The summed E-state index contributed by atoms with van der Waals surface area (Å²) in [7, 11) is 3.98. The van der Waals surface area contributed by atoms with Crippen LogP contribution in [0.3, 0.4) is 0 Å². The summed E-state index contributed by atoms with van der Waals surface area (Å²) in [5, 5.41) is 2.05. The van der Waals surface area contributed by atoms with Crippen molar-refractivity contribution in [3.8, 4) is 9.75 Å². The molecule has 0 unspecified atom stereocenters. The molecule has 0 saturated heterocycles. The zero-order valence-corrected chi connectivity index (χ0v) is 13.5. The number of thiophene rings is 2. The summed E-state index contributed by atoms with van der Waals surface area (Å²) in [6.07, 6.45) is 0. The van der Waals surface area contributed by atoms with E-state index in [1.54, 1.807) is 22.7 Å². The highest BCUT2D eigenvalue weighted by atomic mass is 32.1. The van der Waals surface area contributed by atoms with E-state index in [0.29, 0.717) is 0 Å². The molecule has 0 atom stereocenters. The van der Waals surface area contributed by atoms with Crippen molar-refractivity contribution >= 4 is 34.1 Å². The Morgan fingerprint density at radius 2 is 1.71 bits per heavy atom. The highest BCUT2D eigenvalue weighted by Gasteiger charge is 2.13. The number of nitrogens with zero attached hydrogens (tertiary/aromatic N) is 1. The number of hydrogen-bond donors (Lipinski definition) is 0. The lowest BCUT2D eigenvalue weighted by atomic mass is 10.1. The normalized spacial score (nSPS) is 10.6. The summed E-state index contributed by atoms with van der Waals surface area (Å²) in [5.41, 5.74) is 1.83. The van der Waals surface area contributed by atoms with E-state index in [4.69, 9.17) is 0 Å². The summed E-state index contributed by atoms with van der Waals surface area (Å²) in [6, 6.07) is 15.8. The summed E-state index contributed by atoms with van der Waals surface area (Å²) in [4.78, 5) is 17.7. The van der Waals surface area contributed by atoms with Gasteiger partial charge in [0.1, 0.15) is 0 Å². The molecule has 2 heterocycles.